The van der Waals surface area contributed by atoms with Crippen LogP contribution in [0.4, 0.5) is 11.4 Å². The topological polar surface area (TPSA) is 58.8 Å². The molecular weight excluding hydrogens is 254 g/mol. The van der Waals surface area contributed by atoms with E-state index in [0.29, 0.717) is 32.8 Å². The molecule has 1 aromatic carbocycles. The summed E-state index contributed by atoms with van der Waals surface area (Å²) in [6.07, 6.45) is 2.06. The van der Waals surface area contributed by atoms with Crippen molar-refractivity contribution >= 4 is 17.3 Å². The van der Waals surface area contributed by atoms with E-state index in [1.807, 2.05) is 17.0 Å². The molecule has 0 unspecified atom stereocenters. The van der Waals surface area contributed by atoms with Crippen LogP contribution in [0.15, 0.2) is 18.2 Å². The number of carbonyl (C=O) groups excluding carboxylic acids is 1. The highest BCUT2D eigenvalue weighted by Gasteiger charge is 2.23. The molecule has 0 aromatic heterocycles. The number of benzene rings is 1. The maximum atomic E-state index is 12.4. The van der Waals surface area contributed by atoms with Gasteiger partial charge in [0.25, 0.3) is 0 Å². The van der Waals surface area contributed by atoms with E-state index < -0.39 is 0 Å². The van der Waals surface area contributed by atoms with Crippen molar-refractivity contribution in [2.75, 3.05) is 50.0 Å². The molecule has 0 spiro atoms. The maximum absolute atomic E-state index is 12.4. The molecule has 5 nitrogen and oxygen atoms in total. The fourth-order valence-electron chi connectivity index (χ4n) is 2.97. The van der Waals surface area contributed by atoms with Gasteiger partial charge in [0.2, 0.25) is 5.91 Å². The van der Waals surface area contributed by atoms with Crippen molar-refractivity contribution in [1.82, 2.24) is 4.90 Å². The summed E-state index contributed by atoms with van der Waals surface area (Å²) in [6.45, 7) is 4.07. The summed E-state index contributed by atoms with van der Waals surface area (Å²) in [7, 11) is 0. The molecule has 5 heteroatoms. The number of amides is 1. The Bertz CT molecular complexity index is 498. The average Bonchev–Trinajstić information content (AvgIpc) is 2.49. The van der Waals surface area contributed by atoms with Gasteiger partial charge in [0, 0.05) is 31.0 Å². The summed E-state index contributed by atoms with van der Waals surface area (Å²) >= 11 is 0. The van der Waals surface area contributed by atoms with E-state index >= 15 is 0 Å². The van der Waals surface area contributed by atoms with E-state index in [9.17, 15) is 4.79 Å². The quantitative estimate of drug-likeness (QED) is 0.814. The molecule has 2 aliphatic heterocycles. The lowest BCUT2D eigenvalue weighted by Gasteiger charge is -2.34. The van der Waals surface area contributed by atoms with Crippen molar-refractivity contribution in [3.8, 4) is 0 Å². The Balaban J connectivity index is 1.73. The lowest BCUT2D eigenvalue weighted by atomic mass is 10.00. The molecule has 0 radical (unpaired) electrons. The molecule has 1 aromatic rings. The third-order valence-corrected chi connectivity index (χ3v) is 4.07. The van der Waals surface area contributed by atoms with Gasteiger partial charge in [0.05, 0.1) is 19.8 Å². The number of ether oxygens (including phenoxy) is 1. The molecular formula is C15H21N3O2. The van der Waals surface area contributed by atoms with E-state index in [1.165, 1.54) is 5.56 Å². The van der Waals surface area contributed by atoms with E-state index in [1.54, 1.807) is 0 Å². The smallest absolute Gasteiger partial charge is 0.242 e. The van der Waals surface area contributed by atoms with Crippen molar-refractivity contribution in [3.63, 3.8) is 0 Å². The zero-order valence-corrected chi connectivity index (χ0v) is 11.7. The van der Waals surface area contributed by atoms with Gasteiger partial charge in [-0.25, -0.2) is 0 Å². The van der Waals surface area contributed by atoms with Crippen LogP contribution in [-0.4, -0.2) is 50.2 Å². The van der Waals surface area contributed by atoms with Crippen molar-refractivity contribution < 1.29 is 9.53 Å². The van der Waals surface area contributed by atoms with Crippen LogP contribution in [0.5, 0.6) is 0 Å². The van der Waals surface area contributed by atoms with Crippen molar-refractivity contribution in [2.24, 2.45) is 0 Å². The number of fused-ring (bicyclic) bond motifs is 1. The van der Waals surface area contributed by atoms with E-state index in [0.717, 1.165) is 30.8 Å². The zero-order chi connectivity index (χ0) is 13.9. The molecule has 20 heavy (non-hydrogen) atoms. The molecule has 0 aliphatic carbocycles. The highest BCUT2D eigenvalue weighted by atomic mass is 16.5. The van der Waals surface area contributed by atoms with Crippen LogP contribution in [0, 0.1) is 0 Å². The molecule has 1 amide bonds. The number of nitrogens with zero attached hydrogens (tertiary/aromatic N) is 2. The van der Waals surface area contributed by atoms with Crippen LogP contribution >= 0.6 is 0 Å². The van der Waals surface area contributed by atoms with Gasteiger partial charge in [0.15, 0.2) is 0 Å². The van der Waals surface area contributed by atoms with Gasteiger partial charge in [-0.3, -0.25) is 4.79 Å². The van der Waals surface area contributed by atoms with E-state index in [2.05, 4.69) is 11.0 Å². The number of morpholine rings is 1. The summed E-state index contributed by atoms with van der Waals surface area (Å²) in [5, 5.41) is 0. The largest absolute Gasteiger partial charge is 0.398 e. The number of nitrogen functional groups attached to an aromatic ring is 1. The second kappa shape index (κ2) is 5.71. The number of anilines is 2. The summed E-state index contributed by atoms with van der Waals surface area (Å²) in [4.78, 5) is 16.4. The molecule has 2 N–H and O–H groups in total. The first kappa shape index (κ1) is 13.2. The Morgan fingerprint density at radius 1 is 1.25 bits per heavy atom. The minimum absolute atomic E-state index is 0.184. The highest BCUT2D eigenvalue weighted by molar-refractivity contribution is 5.82. The number of carbonyl (C=O) groups is 1. The molecule has 108 valence electrons. The summed E-state index contributed by atoms with van der Waals surface area (Å²) < 4.78 is 5.29. The molecule has 1 fully saturated rings. The number of hydrogen-bond acceptors (Lipinski definition) is 4. The molecule has 0 bridgehead atoms. The lowest BCUT2D eigenvalue weighted by molar-refractivity contribution is -0.133. The van der Waals surface area contributed by atoms with Gasteiger partial charge in [-0.1, -0.05) is 6.07 Å². The molecule has 0 saturated carbocycles. The fraction of sp³-hybridized carbons (Fsp3) is 0.533. The monoisotopic (exact) mass is 275 g/mol. The van der Waals surface area contributed by atoms with E-state index in [-0.39, 0.29) is 5.91 Å². The Morgan fingerprint density at radius 3 is 2.85 bits per heavy atom. The van der Waals surface area contributed by atoms with Gasteiger partial charge in [-0.15, -0.1) is 0 Å². The van der Waals surface area contributed by atoms with Crippen molar-refractivity contribution in [1.29, 1.82) is 0 Å². The number of nitrogens with two attached hydrogens (primary N) is 1. The minimum atomic E-state index is 0.184. The third-order valence-electron chi connectivity index (χ3n) is 4.07. The molecule has 2 aliphatic rings. The number of rotatable bonds is 2. The van der Waals surface area contributed by atoms with Gasteiger partial charge < -0.3 is 20.3 Å². The SMILES string of the molecule is Nc1cccc2c1CCCN2CC(=O)N1CCOCC1. The van der Waals surface area contributed by atoms with Gasteiger partial charge in [-0.05, 0) is 30.5 Å². The predicted molar refractivity (Wildman–Crippen MR) is 78.8 cm³/mol. The fourth-order valence-corrected chi connectivity index (χ4v) is 2.97. The lowest BCUT2D eigenvalue weighted by Crippen LogP contribution is -2.46. The van der Waals surface area contributed by atoms with Crippen LogP contribution in [0.2, 0.25) is 0 Å². The maximum Gasteiger partial charge on any atom is 0.242 e. The molecule has 2 heterocycles. The van der Waals surface area contributed by atoms with Crippen molar-refractivity contribution in [3.05, 3.63) is 23.8 Å². The van der Waals surface area contributed by atoms with Crippen LogP contribution in [-0.2, 0) is 16.0 Å². The Kier molecular flexibility index (Phi) is 3.78. The van der Waals surface area contributed by atoms with Gasteiger partial charge in [-0.2, -0.15) is 0 Å². The van der Waals surface area contributed by atoms with Crippen LogP contribution in [0.1, 0.15) is 12.0 Å². The molecule has 0 atom stereocenters. The summed E-state index contributed by atoms with van der Waals surface area (Å²) in [5.74, 6) is 0.184. The van der Waals surface area contributed by atoms with E-state index in [4.69, 9.17) is 10.5 Å². The zero-order valence-electron chi connectivity index (χ0n) is 11.7. The van der Waals surface area contributed by atoms with Crippen LogP contribution < -0.4 is 10.6 Å². The molecule has 1 saturated heterocycles. The highest BCUT2D eigenvalue weighted by Crippen LogP contribution is 2.31. The predicted octanol–water partition coefficient (Wildman–Crippen LogP) is 0.880. The van der Waals surface area contributed by atoms with Gasteiger partial charge >= 0.3 is 0 Å². The summed E-state index contributed by atoms with van der Waals surface area (Å²) in [5.41, 5.74) is 9.19. The first-order chi connectivity index (χ1) is 9.75. The average molecular weight is 275 g/mol. The third kappa shape index (κ3) is 2.58. The first-order valence-corrected chi connectivity index (χ1v) is 7.23. The van der Waals surface area contributed by atoms with Crippen LogP contribution in [0.3, 0.4) is 0 Å². The Hall–Kier alpha value is -1.75. The second-order valence-electron chi connectivity index (χ2n) is 5.36. The number of hydrogen-bond donors (Lipinski definition) is 1. The van der Waals surface area contributed by atoms with Crippen LogP contribution in [0.25, 0.3) is 0 Å². The van der Waals surface area contributed by atoms with Gasteiger partial charge in [0.1, 0.15) is 0 Å². The molecule has 3 rings (SSSR count). The summed E-state index contributed by atoms with van der Waals surface area (Å²) in [6, 6.07) is 5.97. The first-order valence-electron chi connectivity index (χ1n) is 7.23. The standard InChI is InChI=1S/C15H21N3O2/c16-13-4-1-5-14-12(13)3-2-6-18(14)11-15(19)17-7-9-20-10-8-17/h1,4-5H,2-3,6-11,16H2. The van der Waals surface area contributed by atoms with Crippen molar-refractivity contribution in [2.45, 2.75) is 12.8 Å². The normalized spacial score (nSPS) is 18.8. The Labute approximate surface area is 119 Å². The Morgan fingerprint density at radius 2 is 2.05 bits per heavy atom. The second-order valence-corrected chi connectivity index (χ2v) is 5.36. The minimum Gasteiger partial charge on any atom is -0.398 e.